The minimum atomic E-state index is -2.84. The van der Waals surface area contributed by atoms with Crippen molar-refractivity contribution in [3.05, 3.63) is 0 Å². The Morgan fingerprint density at radius 2 is 1.75 bits per heavy atom. The number of aliphatic imine (C=N–C) groups is 1. The Morgan fingerprint density at radius 1 is 1.14 bits per heavy atom. The summed E-state index contributed by atoms with van der Waals surface area (Å²) < 4.78 is 23.0. The van der Waals surface area contributed by atoms with Crippen LogP contribution in [0.15, 0.2) is 4.99 Å². The predicted octanol–water partition coefficient (Wildman–Crippen LogP) is 0.539. The minimum Gasteiger partial charge on any atom is -0.357 e. The van der Waals surface area contributed by atoms with Gasteiger partial charge in [-0.25, -0.2) is 8.42 Å². The first-order valence-electron chi connectivity index (χ1n) is 9.95. The Morgan fingerprint density at radius 3 is 2.29 bits per heavy atom. The summed E-state index contributed by atoms with van der Waals surface area (Å²) in [6.45, 7) is 5.94. The Balaban J connectivity index is 0.00000392. The highest BCUT2D eigenvalue weighted by molar-refractivity contribution is 14.0. The first-order valence-corrected chi connectivity index (χ1v) is 11.8. The molecule has 1 aliphatic carbocycles. The second kappa shape index (κ2) is 11.5. The third kappa shape index (κ3) is 7.33. The van der Waals surface area contributed by atoms with Gasteiger partial charge >= 0.3 is 0 Å². The highest BCUT2D eigenvalue weighted by Gasteiger charge is 2.42. The van der Waals surface area contributed by atoms with Crippen LogP contribution in [0.5, 0.6) is 0 Å². The average molecular weight is 529 g/mol. The second-order valence-corrected chi connectivity index (χ2v) is 10.1. The van der Waals surface area contributed by atoms with E-state index in [1.807, 2.05) is 21.0 Å². The van der Waals surface area contributed by atoms with Crippen LogP contribution >= 0.6 is 24.0 Å². The van der Waals surface area contributed by atoms with Gasteiger partial charge in [0.25, 0.3) is 0 Å². The van der Waals surface area contributed by atoms with Crippen LogP contribution in [0.25, 0.3) is 0 Å². The largest absolute Gasteiger partial charge is 0.357 e. The molecule has 2 fully saturated rings. The number of halogens is 1. The molecule has 164 valence electrons. The van der Waals surface area contributed by atoms with Gasteiger partial charge in [-0.2, -0.15) is 0 Å². The number of carbonyl (C=O) groups is 1. The van der Waals surface area contributed by atoms with E-state index in [0.717, 1.165) is 44.7 Å². The number of amides is 1. The lowest BCUT2D eigenvalue weighted by atomic mass is 9.85. The van der Waals surface area contributed by atoms with Gasteiger partial charge in [0.05, 0.1) is 23.5 Å². The zero-order valence-electron chi connectivity index (χ0n) is 17.4. The van der Waals surface area contributed by atoms with E-state index < -0.39 is 9.84 Å². The van der Waals surface area contributed by atoms with Crippen molar-refractivity contribution in [1.29, 1.82) is 0 Å². The highest BCUT2D eigenvalue weighted by atomic mass is 127. The molecule has 0 aromatic rings. The molecule has 2 rings (SSSR count). The van der Waals surface area contributed by atoms with Crippen LogP contribution in [0.1, 0.15) is 32.6 Å². The van der Waals surface area contributed by atoms with Crippen molar-refractivity contribution in [2.24, 2.45) is 10.4 Å². The maximum absolute atomic E-state index is 12.7. The summed E-state index contributed by atoms with van der Waals surface area (Å²) in [4.78, 5) is 21.2. The number of nitrogens with one attached hydrogen (secondary N) is 2. The molecule has 1 saturated carbocycles. The van der Waals surface area contributed by atoms with Crippen LogP contribution in [0.4, 0.5) is 0 Å². The number of guanidine groups is 1. The topological polar surface area (TPSA) is 94.1 Å². The highest BCUT2D eigenvalue weighted by Crippen LogP contribution is 2.39. The fourth-order valence-electron chi connectivity index (χ4n) is 3.84. The van der Waals surface area contributed by atoms with Crippen molar-refractivity contribution in [3.63, 3.8) is 0 Å². The number of rotatable bonds is 7. The van der Waals surface area contributed by atoms with Crippen LogP contribution in [-0.4, -0.2) is 95.0 Å². The van der Waals surface area contributed by atoms with Crippen molar-refractivity contribution in [1.82, 2.24) is 20.4 Å². The zero-order valence-corrected chi connectivity index (χ0v) is 20.5. The van der Waals surface area contributed by atoms with Gasteiger partial charge in [-0.1, -0.05) is 12.8 Å². The quantitative estimate of drug-likeness (QED) is 0.284. The molecule has 1 saturated heterocycles. The summed E-state index contributed by atoms with van der Waals surface area (Å²) in [5.74, 6) is 1.39. The lowest BCUT2D eigenvalue weighted by Crippen LogP contribution is -2.46. The standard InChI is InChI=1S/C18H35N5O3S.HI/c1-4-19-17(20-9-10-23-11-13-27(25,26)14-12-23)21-15-18(7-5-6-8-18)16(24)22(2)3;/h4-15H2,1-3H3,(H2,19,20,21);1H. The molecule has 0 atom stereocenters. The molecular weight excluding hydrogens is 493 g/mol. The molecule has 8 nitrogen and oxygen atoms in total. The molecule has 0 bridgehead atoms. The molecule has 10 heteroatoms. The smallest absolute Gasteiger partial charge is 0.230 e. The number of carbonyl (C=O) groups excluding carboxylic acids is 1. The van der Waals surface area contributed by atoms with Crippen molar-refractivity contribution >= 4 is 45.7 Å². The lowest BCUT2D eigenvalue weighted by molar-refractivity contribution is -0.138. The van der Waals surface area contributed by atoms with E-state index in [-0.39, 0.29) is 46.8 Å². The average Bonchev–Trinajstić information content (AvgIpc) is 3.10. The van der Waals surface area contributed by atoms with Crippen LogP contribution in [-0.2, 0) is 14.6 Å². The molecule has 2 aliphatic rings. The van der Waals surface area contributed by atoms with E-state index in [1.54, 1.807) is 4.90 Å². The summed E-state index contributed by atoms with van der Waals surface area (Å²) in [5.41, 5.74) is -0.368. The van der Waals surface area contributed by atoms with Crippen LogP contribution in [0.3, 0.4) is 0 Å². The van der Waals surface area contributed by atoms with Gasteiger partial charge in [0, 0.05) is 46.8 Å². The molecule has 28 heavy (non-hydrogen) atoms. The van der Waals surface area contributed by atoms with E-state index in [2.05, 4.69) is 15.5 Å². The van der Waals surface area contributed by atoms with Gasteiger partial charge in [0.1, 0.15) is 0 Å². The van der Waals surface area contributed by atoms with Crippen molar-refractivity contribution in [3.8, 4) is 0 Å². The maximum Gasteiger partial charge on any atom is 0.230 e. The van der Waals surface area contributed by atoms with Crippen LogP contribution in [0.2, 0.25) is 0 Å². The summed E-state index contributed by atoms with van der Waals surface area (Å²) >= 11 is 0. The SMILES string of the molecule is CCNC(=NCC1(C(=O)N(C)C)CCCC1)NCCN1CCS(=O)(=O)CC1.I. The number of sulfone groups is 1. The van der Waals surface area contributed by atoms with Gasteiger partial charge in [0.15, 0.2) is 15.8 Å². The Kier molecular flexibility index (Phi) is 10.5. The van der Waals surface area contributed by atoms with Gasteiger partial charge < -0.3 is 15.5 Å². The fraction of sp³-hybridized carbons (Fsp3) is 0.889. The minimum absolute atomic E-state index is 0. The van der Waals surface area contributed by atoms with E-state index in [9.17, 15) is 13.2 Å². The summed E-state index contributed by atoms with van der Waals surface area (Å²) in [7, 11) is 0.788. The molecule has 1 amide bonds. The summed E-state index contributed by atoms with van der Waals surface area (Å²) in [6, 6.07) is 0. The van der Waals surface area contributed by atoms with Crippen molar-refractivity contribution in [2.45, 2.75) is 32.6 Å². The molecule has 0 aromatic carbocycles. The predicted molar refractivity (Wildman–Crippen MR) is 124 cm³/mol. The van der Waals surface area contributed by atoms with Gasteiger partial charge in [-0.3, -0.25) is 14.7 Å². The number of hydrogen-bond acceptors (Lipinski definition) is 5. The fourth-order valence-corrected chi connectivity index (χ4v) is 5.12. The molecule has 1 aliphatic heterocycles. The zero-order chi connectivity index (χ0) is 19.9. The molecular formula is C18H36IN5O3S. The Labute approximate surface area is 186 Å². The molecule has 2 N–H and O–H groups in total. The van der Waals surface area contributed by atoms with E-state index in [1.165, 1.54) is 0 Å². The second-order valence-electron chi connectivity index (χ2n) is 7.80. The van der Waals surface area contributed by atoms with Crippen molar-refractivity contribution < 1.29 is 13.2 Å². The molecule has 0 radical (unpaired) electrons. The summed E-state index contributed by atoms with van der Waals surface area (Å²) in [5, 5.41) is 6.56. The van der Waals surface area contributed by atoms with E-state index in [0.29, 0.717) is 26.2 Å². The first-order chi connectivity index (χ1) is 12.8. The number of nitrogens with zero attached hydrogens (tertiary/aromatic N) is 3. The van der Waals surface area contributed by atoms with E-state index in [4.69, 9.17) is 4.99 Å². The third-order valence-electron chi connectivity index (χ3n) is 5.46. The lowest BCUT2D eigenvalue weighted by Gasteiger charge is -2.29. The maximum atomic E-state index is 12.7. The van der Waals surface area contributed by atoms with Gasteiger partial charge in [0.2, 0.25) is 5.91 Å². The first kappa shape index (κ1) is 25.4. The number of hydrogen-bond donors (Lipinski definition) is 2. The molecule has 0 aromatic heterocycles. The third-order valence-corrected chi connectivity index (χ3v) is 7.07. The molecule has 0 unspecified atom stereocenters. The van der Waals surface area contributed by atoms with Crippen LogP contribution in [0, 0.1) is 5.41 Å². The monoisotopic (exact) mass is 529 g/mol. The van der Waals surface area contributed by atoms with Gasteiger partial charge in [-0.05, 0) is 19.8 Å². The normalized spacial score (nSPS) is 21.6. The van der Waals surface area contributed by atoms with Crippen LogP contribution < -0.4 is 10.6 Å². The Bertz CT molecular complexity index is 619. The molecule has 0 spiro atoms. The van der Waals surface area contributed by atoms with Gasteiger partial charge in [-0.15, -0.1) is 24.0 Å². The van der Waals surface area contributed by atoms with Crippen molar-refractivity contribution in [2.75, 3.05) is 64.9 Å². The molecule has 1 heterocycles. The Hall–Kier alpha value is -0.620. The van der Waals surface area contributed by atoms with E-state index >= 15 is 0 Å². The summed E-state index contributed by atoms with van der Waals surface area (Å²) in [6.07, 6.45) is 3.96.